The van der Waals surface area contributed by atoms with Gasteiger partial charge in [0, 0.05) is 22.2 Å². The number of hydrogen-bond donors (Lipinski definition) is 1. The fourth-order valence-electron chi connectivity index (χ4n) is 2.96. The summed E-state index contributed by atoms with van der Waals surface area (Å²) in [7, 11) is 0. The van der Waals surface area contributed by atoms with Crippen LogP contribution in [0.25, 0.3) is 16.6 Å². The van der Waals surface area contributed by atoms with E-state index in [0.29, 0.717) is 28.3 Å². The van der Waals surface area contributed by atoms with Gasteiger partial charge in [-0.1, -0.05) is 29.8 Å². The number of rotatable bonds is 4. The lowest BCUT2D eigenvalue weighted by atomic mass is 10.1. The molecule has 0 saturated heterocycles. The fraction of sp³-hybridized carbons (Fsp3) is 0.0455. The summed E-state index contributed by atoms with van der Waals surface area (Å²) in [5.41, 5.74) is 3.35. The molecule has 0 unspecified atom stereocenters. The van der Waals surface area contributed by atoms with Gasteiger partial charge in [-0.2, -0.15) is 5.26 Å². The Kier molecular flexibility index (Phi) is 4.45. The van der Waals surface area contributed by atoms with Crippen molar-refractivity contribution in [2.75, 3.05) is 0 Å². The van der Waals surface area contributed by atoms with Crippen molar-refractivity contribution in [1.29, 1.82) is 5.26 Å². The average Bonchev–Trinajstić information content (AvgIpc) is 3.03. The number of nitriles is 1. The van der Waals surface area contributed by atoms with E-state index in [9.17, 15) is 5.11 Å². The summed E-state index contributed by atoms with van der Waals surface area (Å²) in [6.07, 6.45) is 1.67. The van der Waals surface area contributed by atoms with Crippen LogP contribution in [0.5, 0.6) is 11.5 Å². The third-order valence-electron chi connectivity index (χ3n) is 4.33. The van der Waals surface area contributed by atoms with Gasteiger partial charge in [-0.15, -0.1) is 0 Å². The van der Waals surface area contributed by atoms with Gasteiger partial charge in [0.2, 0.25) is 0 Å². The summed E-state index contributed by atoms with van der Waals surface area (Å²) in [6, 6.07) is 22.5. The molecule has 132 valence electrons. The van der Waals surface area contributed by atoms with Crippen LogP contribution >= 0.6 is 11.6 Å². The summed E-state index contributed by atoms with van der Waals surface area (Å²) in [5.74, 6) is 0.892. The zero-order valence-corrected chi connectivity index (χ0v) is 15.0. The van der Waals surface area contributed by atoms with Crippen molar-refractivity contribution >= 4 is 22.5 Å². The first-order valence-corrected chi connectivity index (χ1v) is 8.74. The molecule has 27 heavy (non-hydrogen) atoms. The third kappa shape index (κ3) is 3.46. The van der Waals surface area contributed by atoms with Gasteiger partial charge in [0.15, 0.2) is 0 Å². The van der Waals surface area contributed by atoms with Gasteiger partial charge in [0.25, 0.3) is 0 Å². The highest BCUT2D eigenvalue weighted by atomic mass is 35.5. The molecule has 4 rings (SSSR count). The predicted molar refractivity (Wildman–Crippen MR) is 105 cm³/mol. The average molecular weight is 375 g/mol. The highest BCUT2D eigenvalue weighted by molar-refractivity contribution is 6.31. The maximum absolute atomic E-state index is 10.2. The molecule has 0 amide bonds. The van der Waals surface area contributed by atoms with Gasteiger partial charge >= 0.3 is 0 Å². The normalized spacial score (nSPS) is 10.7. The van der Waals surface area contributed by atoms with E-state index in [-0.39, 0.29) is 5.75 Å². The minimum atomic E-state index is 0.177. The van der Waals surface area contributed by atoms with E-state index >= 15 is 0 Å². The molecule has 0 aliphatic rings. The Hall–Kier alpha value is -3.42. The minimum Gasteiger partial charge on any atom is -0.506 e. The maximum Gasteiger partial charge on any atom is 0.141 e. The van der Waals surface area contributed by atoms with Gasteiger partial charge in [0.1, 0.15) is 18.1 Å². The van der Waals surface area contributed by atoms with Crippen molar-refractivity contribution in [2.24, 2.45) is 0 Å². The van der Waals surface area contributed by atoms with E-state index in [1.807, 2.05) is 47.0 Å². The second-order valence-corrected chi connectivity index (χ2v) is 6.58. The van der Waals surface area contributed by atoms with Gasteiger partial charge in [-0.05, 0) is 48.0 Å². The summed E-state index contributed by atoms with van der Waals surface area (Å²) in [6.45, 7) is 0.405. The van der Waals surface area contributed by atoms with E-state index in [2.05, 4.69) is 6.07 Å². The predicted octanol–water partition coefficient (Wildman–Crippen LogP) is 5.44. The second-order valence-electron chi connectivity index (χ2n) is 6.14. The Morgan fingerprint density at radius 2 is 1.85 bits per heavy atom. The summed E-state index contributed by atoms with van der Waals surface area (Å²) < 4.78 is 7.78. The van der Waals surface area contributed by atoms with Crippen molar-refractivity contribution in [2.45, 2.75) is 6.61 Å². The molecule has 0 aliphatic heterocycles. The fourth-order valence-corrected chi connectivity index (χ4v) is 3.14. The number of benzene rings is 3. The van der Waals surface area contributed by atoms with Crippen LogP contribution in [0.4, 0.5) is 0 Å². The molecule has 5 heteroatoms. The molecule has 1 aromatic heterocycles. The largest absolute Gasteiger partial charge is 0.506 e. The minimum absolute atomic E-state index is 0.177. The first kappa shape index (κ1) is 17.0. The smallest absolute Gasteiger partial charge is 0.141 e. The molecule has 0 spiro atoms. The number of halogens is 1. The van der Waals surface area contributed by atoms with Crippen LogP contribution in [0.1, 0.15) is 11.1 Å². The SMILES string of the molecule is N#Cc1ccc(COc2cccc(-n3cc(O)c4cc(Cl)ccc43)c2)cc1. The summed E-state index contributed by atoms with van der Waals surface area (Å²) in [4.78, 5) is 0. The molecule has 0 atom stereocenters. The number of hydrogen-bond acceptors (Lipinski definition) is 3. The Morgan fingerprint density at radius 3 is 2.63 bits per heavy atom. The van der Waals surface area contributed by atoms with Crippen LogP contribution in [0.2, 0.25) is 5.02 Å². The number of aromatic hydroxyl groups is 1. The van der Waals surface area contributed by atoms with Crippen LogP contribution < -0.4 is 4.74 Å². The van der Waals surface area contributed by atoms with Crippen molar-refractivity contribution in [3.05, 3.63) is 89.1 Å². The lowest BCUT2D eigenvalue weighted by Crippen LogP contribution is -1.97. The number of nitrogens with zero attached hydrogens (tertiary/aromatic N) is 2. The molecular formula is C22H15ClN2O2. The van der Waals surface area contributed by atoms with Crippen LogP contribution in [0.15, 0.2) is 72.9 Å². The van der Waals surface area contributed by atoms with E-state index in [0.717, 1.165) is 16.8 Å². The van der Waals surface area contributed by atoms with E-state index in [4.69, 9.17) is 21.6 Å². The highest BCUT2D eigenvalue weighted by Gasteiger charge is 2.10. The number of fused-ring (bicyclic) bond motifs is 1. The third-order valence-corrected chi connectivity index (χ3v) is 4.56. The Morgan fingerprint density at radius 1 is 1.04 bits per heavy atom. The number of aromatic nitrogens is 1. The van der Waals surface area contributed by atoms with Crippen molar-refractivity contribution in [3.8, 4) is 23.3 Å². The highest BCUT2D eigenvalue weighted by Crippen LogP contribution is 2.32. The molecule has 3 aromatic carbocycles. The maximum atomic E-state index is 10.2. The van der Waals surface area contributed by atoms with Crippen molar-refractivity contribution < 1.29 is 9.84 Å². The first-order chi connectivity index (χ1) is 13.1. The van der Waals surface area contributed by atoms with Crippen LogP contribution in [-0.2, 0) is 6.61 Å². The summed E-state index contributed by atoms with van der Waals surface area (Å²) >= 11 is 6.03. The van der Waals surface area contributed by atoms with E-state index < -0.39 is 0 Å². The lowest BCUT2D eigenvalue weighted by Gasteiger charge is -2.10. The molecule has 0 saturated carbocycles. The second kappa shape index (κ2) is 7.06. The van der Waals surface area contributed by atoms with Crippen molar-refractivity contribution in [1.82, 2.24) is 4.57 Å². The van der Waals surface area contributed by atoms with Crippen LogP contribution in [0, 0.1) is 11.3 Å². The van der Waals surface area contributed by atoms with Crippen LogP contribution in [0.3, 0.4) is 0 Å². The molecule has 0 bridgehead atoms. The zero-order valence-electron chi connectivity index (χ0n) is 14.3. The lowest BCUT2D eigenvalue weighted by molar-refractivity contribution is 0.306. The quantitative estimate of drug-likeness (QED) is 0.517. The molecular weight excluding hydrogens is 360 g/mol. The first-order valence-electron chi connectivity index (χ1n) is 8.36. The Labute approximate surface area is 161 Å². The van der Waals surface area contributed by atoms with E-state index in [1.54, 1.807) is 30.5 Å². The summed E-state index contributed by atoms with van der Waals surface area (Å²) in [5, 5.41) is 20.3. The van der Waals surface area contributed by atoms with Crippen LogP contribution in [-0.4, -0.2) is 9.67 Å². The molecule has 0 fully saturated rings. The Bertz CT molecular complexity index is 1160. The topological polar surface area (TPSA) is 58.2 Å². The zero-order chi connectivity index (χ0) is 18.8. The van der Waals surface area contributed by atoms with E-state index in [1.165, 1.54) is 0 Å². The van der Waals surface area contributed by atoms with Gasteiger partial charge in [0.05, 0.1) is 23.3 Å². The molecule has 0 aliphatic carbocycles. The van der Waals surface area contributed by atoms with Gasteiger partial charge in [-0.3, -0.25) is 0 Å². The molecule has 1 heterocycles. The van der Waals surface area contributed by atoms with Crippen molar-refractivity contribution in [3.63, 3.8) is 0 Å². The number of ether oxygens (including phenoxy) is 1. The standard InChI is InChI=1S/C22H15ClN2O2/c23-17-8-9-21-20(10-17)22(26)13-25(21)18-2-1-3-19(11-18)27-14-16-6-4-15(12-24)5-7-16/h1-11,13,26H,14H2. The Balaban J connectivity index is 1.60. The molecule has 1 N–H and O–H groups in total. The molecule has 0 radical (unpaired) electrons. The molecule has 4 nitrogen and oxygen atoms in total. The monoisotopic (exact) mass is 374 g/mol. The van der Waals surface area contributed by atoms with Gasteiger partial charge < -0.3 is 14.4 Å². The molecule has 4 aromatic rings. The van der Waals surface area contributed by atoms with Gasteiger partial charge in [-0.25, -0.2) is 0 Å².